The van der Waals surface area contributed by atoms with Crippen LogP contribution in [-0.4, -0.2) is 25.0 Å². The Balaban J connectivity index is 1.66. The van der Waals surface area contributed by atoms with E-state index in [0.29, 0.717) is 17.9 Å². The molecule has 0 amide bonds. The van der Waals surface area contributed by atoms with Gasteiger partial charge in [-0.05, 0) is 55.7 Å². The fourth-order valence-corrected chi connectivity index (χ4v) is 3.00. The van der Waals surface area contributed by atoms with Crippen LogP contribution < -0.4 is 9.47 Å². The lowest BCUT2D eigenvalue weighted by Crippen LogP contribution is -2.13. The maximum Gasteiger partial charge on any atom is 0.342 e. The zero-order valence-corrected chi connectivity index (χ0v) is 18.0. The van der Waals surface area contributed by atoms with Crippen molar-refractivity contribution >= 4 is 11.8 Å². The van der Waals surface area contributed by atoms with Gasteiger partial charge in [-0.3, -0.25) is 4.79 Å². The monoisotopic (exact) mass is 418 g/mol. The number of aryl methyl sites for hydroxylation is 2. The minimum absolute atomic E-state index is 0.110. The van der Waals surface area contributed by atoms with E-state index in [9.17, 15) is 9.59 Å². The molecule has 31 heavy (non-hydrogen) atoms. The maximum absolute atomic E-state index is 12.6. The number of esters is 1. The highest BCUT2D eigenvalue weighted by Crippen LogP contribution is 2.23. The summed E-state index contributed by atoms with van der Waals surface area (Å²) in [4.78, 5) is 24.4. The first-order chi connectivity index (χ1) is 14.9. The van der Waals surface area contributed by atoms with Gasteiger partial charge in [0.25, 0.3) is 0 Å². The SMILES string of the molecule is CC(=O)c1ccc(C(=O)OCc2ccccc2)c(OCCOc2cc(C)ccc2C)c1. The predicted molar refractivity (Wildman–Crippen MR) is 119 cm³/mol. The molecule has 5 heteroatoms. The smallest absolute Gasteiger partial charge is 0.342 e. The minimum Gasteiger partial charge on any atom is -0.490 e. The molecule has 0 fully saturated rings. The van der Waals surface area contributed by atoms with Gasteiger partial charge in [0.05, 0.1) is 0 Å². The Hall–Kier alpha value is -3.60. The fourth-order valence-electron chi connectivity index (χ4n) is 3.00. The zero-order valence-electron chi connectivity index (χ0n) is 18.0. The van der Waals surface area contributed by atoms with Crippen LogP contribution in [0.2, 0.25) is 0 Å². The summed E-state index contributed by atoms with van der Waals surface area (Å²) in [6, 6.07) is 20.2. The molecule has 0 radical (unpaired) electrons. The standard InChI is InChI=1S/C26H26O5/c1-18-9-10-19(2)24(15-18)29-13-14-30-25-16-22(20(3)27)11-12-23(25)26(28)31-17-21-7-5-4-6-8-21/h4-12,15-16H,13-14,17H2,1-3H3. The molecule has 0 N–H and O–H groups in total. The van der Waals surface area contributed by atoms with E-state index < -0.39 is 5.97 Å². The van der Waals surface area contributed by atoms with Gasteiger partial charge in [-0.2, -0.15) is 0 Å². The van der Waals surface area contributed by atoms with E-state index in [1.165, 1.54) is 6.92 Å². The van der Waals surface area contributed by atoms with Crippen LogP contribution in [0.4, 0.5) is 0 Å². The number of hydrogen-bond acceptors (Lipinski definition) is 5. The molecule has 0 heterocycles. The predicted octanol–water partition coefficient (Wildman–Crippen LogP) is 5.32. The summed E-state index contributed by atoms with van der Waals surface area (Å²) in [5.41, 5.74) is 3.77. The van der Waals surface area contributed by atoms with Crippen molar-refractivity contribution in [1.29, 1.82) is 0 Å². The molecule has 3 aromatic rings. The first-order valence-electron chi connectivity index (χ1n) is 10.1. The first kappa shape index (κ1) is 22.1. The summed E-state index contributed by atoms with van der Waals surface area (Å²) >= 11 is 0. The van der Waals surface area contributed by atoms with Gasteiger partial charge in [0, 0.05) is 5.56 Å². The van der Waals surface area contributed by atoms with Crippen molar-refractivity contribution in [3.8, 4) is 11.5 Å². The molecule has 0 spiro atoms. The Morgan fingerprint density at radius 3 is 2.23 bits per heavy atom. The molecular formula is C26H26O5. The zero-order chi connectivity index (χ0) is 22.2. The minimum atomic E-state index is -0.510. The third kappa shape index (κ3) is 6.19. The molecule has 0 saturated heterocycles. The number of Topliss-reactive ketones (excluding diaryl/α,β-unsaturated/α-hetero) is 1. The number of rotatable bonds is 9. The largest absolute Gasteiger partial charge is 0.490 e. The molecule has 3 rings (SSSR count). The van der Waals surface area contributed by atoms with Gasteiger partial charge >= 0.3 is 5.97 Å². The second-order valence-electron chi connectivity index (χ2n) is 7.29. The van der Waals surface area contributed by atoms with Gasteiger partial charge in [0.2, 0.25) is 0 Å². The van der Waals surface area contributed by atoms with Crippen molar-refractivity contribution in [1.82, 2.24) is 0 Å². The van der Waals surface area contributed by atoms with Crippen LogP contribution in [0.15, 0.2) is 66.7 Å². The highest BCUT2D eigenvalue weighted by molar-refractivity contribution is 5.98. The summed E-state index contributed by atoms with van der Waals surface area (Å²) in [5, 5.41) is 0. The number of benzene rings is 3. The fraction of sp³-hybridized carbons (Fsp3) is 0.231. The first-order valence-corrected chi connectivity index (χ1v) is 10.1. The number of carbonyl (C=O) groups excluding carboxylic acids is 2. The molecule has 160 valence electrons. The van der Waals surface area contributed by atoms with Crippen LogP contribution in [0.5, 0.6) is 11.5 Å². The Morgan fingerprint density at radius 2 is 1.52 bits per heavy atom. The average Bonchev–Trinajstić information content (AvgIpc) is 2.77. The third-order valence-corrected chi connectivity index (χ3v) is 4.76. The Kier molecular flexibility index (Phi) is 7.44. The molecule has 0 unspecified atom stereocenters. The van der Waals surface area contributed by atoms with Gasteiger partial charge in [-0.15, -0.1) is 0 Å². The van der Waals surface area contributed by atoms with E-state index in [0.717, 1.165) is 22.4 Å². The molecule has 0 aliphatic rings. The van der Waals surface area contributed by atoms with Crippen molar-refractivity contribution < 1.29 is 23.8 Å². The van der Waals surface area contributed by atoms with Gasteiger partial charge in [0.1, 0.15) is 36.9 Å². The van der Waals surface area contributed by atoms with E-state index in [1.54, 1.807) is 18.2 Å². The Morgan fingerprint density at radius 1 is 0.806 bits per heavy atom. The average molecular weight is 418 g/mol. The van der Waals surface area contributed by atoms with E-state index in [-0.39, 0.29) is 24.6 Å². The molecule has 0 bridgehead atoms. The summed E-state index contributed by atoms with van der Waals surface area (Å²) in [7, 11) is 0. The molecule has 0 aliphatic heterocycles. The van der Waals surface area contributed by atoms with Crippen LogP contribution in [0, 0.1) is 13.8 Å². The lowest BCUT2D eigenvalue weighted by Gasteiger charge is -2.14. The van der Waals surface area contributed by atoms with Crippen molar-refractivity contribution in [2.75, 3.05) is 13.2 Å². The molecule has 0 atom stereocenters. The molecule has 0 aliphatic carbocycles. The summed E-state index contributed by atoms with van der Waals surface area (Å²) < 4.78 is 17.1. The molecule has 0 aromatic heterocycles. The van der Waals surface area contributed by atoms with Gasteiger partial charge in [-0.1, -0.05) is 48.5 Å². The lowest BCUT2D eigenvalue weighted by molar-refractivity contribution is 0.0467. The number of ether oxygens (including phenoxy) is 3. The number of ketones is 1. The molecular weight excluding hydrogens is 392 g/mol. The van der Waals surface area contributed by atoms with E-state index in [1.807, 2.05) is 62.4 Å². The Labute approximate surface area is 182 Å². The number of hydrogen-bond donors (Lipinski definition) is 0. The Bertz CT molecular complexity index is 1060. The highest BCUT2D eigenvalue weighted by atomic mass is 16.5. The quantitative estimate of drug-likeness (QED) is 0.267. The van der Waals surface area contributed by atoms with Crippen LogP contribution in [-0.2, 0) is 11.3 Å². The second kappa shape index (κ2) is 10.4. The van der Waals surface area contributed by atoms with Crippen LogP contribution >= 0.6 is 0 Å². The van der Waals surface area contributed by atoms with Crippen LogP contribution in [0.25, 0.3) is 0 Å². The molecule has 0 saturated carbocycles. The van der Waals surface area contributed by atoms with Crippen molar-refractivity contribution in [2.24, 2.45) is 0 Å². The van der Waals surface area contributed by atoms with E-state index in [4.69, 9.17) is 14.2 Å². The second-order valence-corrected chi connectivity index (χ2v) is 7.29. The third-order valence-electron chi connectivity index (χ3n) is 4.76. The summed E-state index contributed by atoms with van der Waals surface area (Å²) in [5.74, 6) is 0.476. The molecule has 3 aromatic carbocycles. The highest BCUT2D eigenvalue weighted by Gasteiger charge is 2.16. The van der Waals surface area contributed by atoms with Crippen molar-refractivity contribution in [3.63, 3.8) is 0 Å². The van der Waals surface area contributed by atoms with Gasteiger partial charge < -0.3 is 14.2 Å². The maximum atomic E-state index is 12.6. The van der Waals surface area contributed by atoms with E-state index in [2.05, 4.69) is 0 Å². The summed E-state index contributed by atoms with van der Waals surface area (Å²) in [6.07, 6.45) is 0. The van der Waals surface area contributed by atoms with Crippen LogP contribution in [0.3, 0.4) is 0 Å². The summed E-state index contributed by atoms with van der Waals surface area (Å²) in [6.45, 7) is 6.12. The lowest BCUT2D eigenvalue weighted by atomic mass is 10.1. The van der Waals surface area contributed by atoms with Crippen molar-refractivity contribution in [3.05, 3.63) is 94.5 Å². The normalized spacial score (nSPS) is 10.4. The van der Waals surface area contributed by atoms with Gasteiger partial charge in [-0.25, -0.2) is 4.79 Å². The number of carbonyl (C=O) groups is 2. The van der Waals surface area contributed by atoms with Crippen molar-refractivity contribution in [2.45, 2.75) is 27.4 Å². The van der Waals surface area contributed by atoms with Crippen LogP contribution in [0.1, 0.15) is 44.3 Å². The van der Waals surface area contributed by atoms with E-state index >= 15 is 0 Å². The van der Waals surface area contributed by atoms with Gasteiger partial charge in [0.15, 0.2) is 5.78 Å². The molecule has 5 nitrogen and oxygen atoms in total. The topological polar surface area (TPSA) is 61.8 Å².